The Morgan fingerprint density at radius 3 is 2.10 bits per heavy atom. The minimum Gasteiger partial charge on any atom is -0.333 e. The van der Waals surface area contributed by atoms with Crippen molar-refractivity contribution in [1.82, 2.24) is 4.90 Å². The van der Waals surface area contributed by atoms with Gasteiger partial charge in [-0.1, -0.05) is 25.7 Å². The Morgan fingerprint density at radius 2 is 1.57 bits per heavy atom. The Hall–Kier alpha value is -0.900. The number of carbonyl (C=O) groups excluding carboxylic acids is 1. The van der Waals surface area contributed by atoms with E-state index in [1.807, 2.05) is 0 Å². The summed E-state index contributed by atoms with van der Waals surface area (Å²) in [6.07, 6.45) is 9.17. The molecule has 2 saturated carbocycles. The third kappa shape index (κ3) is 3.15. The second-order valence-corrected chi connectivity index (χ2v) is 7.07. The number of rotatable bonds is 3. The van der Waals surface area contributed by atoms with Gasteiger partial charge in [-0.05, 0) is 59.8 Å². The fourth-order valence-corrected chi connectivity index (χ4v) is 4.21. The number of carbonyl (C=O) groups is 1. The van der Waals surface area contributed by atoms with Crippen molar-refractivity contribution >= 4 is 21.8 Å². The number of hydrogen-bond donors (Lipinski definition) is 0. The Morgan fingerprint density at radius 1 is 1.05 bits per heavy atom. The lowest BCUT2D eigenvalue weighted by Crippen LogP contribution is -2.45. The molecule has 1 aromatic rings. The predicted octanol–water partition coefficient (Wildman–Crippen LogP) is 4.92. The maximum Gasteiger partial charge on any atom is 0.255 e. The van der Waals surface area contributed by atoms with Gasteiger partial charge in [-0.3, -0.25) is 4.79 Å². The van der Waals surface area contributed by atoms with Gasteiger partial charge in [0.15, 0.2) is 0 Å². The highest BCUT2D eigenvalue weighted by atomic mass is 79.9. The summed E-state index contributed by atoms with van der Waals surface area (Å²) in [5.74, 6) is -0.348. The average Bonchev–Trinajstić information content (AvgIpc) is 3.15. The molecule has 0 aromatic heterocycles. The maximum atomic E-state index is 13.5. The van der Waals surface area contributed by atoms with Crippen LogP contribution < -0.4 is 0 Å². The van der Waals surface area contributed by atoms with Crippen molar-refractivity contribution in [3.8, 4) is 0 Å². The second kappa shape index (κ2) is 6.47. The van der Waals surface area contributed by atoms with Crippen LogP contribution in [0.25, 0.3) is 0 Å². The molecule has 21 heavy (non-hydrogen) atoms. The molecular weight excluding hydrogens is 333 g/mol. The molecule has 3 rings (SSSR count). The molecule has 0 unspecified atom stereocenters. The Kier molecular flexibility index (Phi) is 4.63. The summed E-state index contributed by atoms with van der Waals surface area (Å²) in [7, 11) is 0. The third-order valence-electron chi connectivity index (χ3n) is 4.83. The van der Waals surface area contributed by atoms with Crippen molar-refractivity contribution in [2.24, 2.45) is 0 Å². The van der Waals surface area contributed by atoms with Gasteiger partial charge in [-0.25, -0.2) is 4.39 Å². The largest absolute Gasteiger partial charge is 0.333 e. The molecule has 0 radical (unpaired) electrons. The monoisotopic (exact) mass is 353 g/mol. The van der Waals surface area contributed by atoms with E-state index in [2.05, 4.69) is 20.8 Å². The van der Waals surface area contributed by atoms with Crippen molar-refractivity contribution in [3.63, 3.8) is 0 Å². The average molecular weight is 354 g/mol. The Bertz CT molecular complexity index is 506. The van der Waals surface area contributed by atoms with E-state index in [1.54, 1.807) is 6.07 Å². The summed E-state index contributed by atoms with van der Waals surface area (Å²) in [5.41, 5.74) is 0.466. The van der Waals surface area contributed by atoms with Gasteiger partial charge in [0.05, 0.1) is 5.56 Å². The lowest BCUT2D eigenvalue weighted by Gasteiger charge is -2.35. The molecule has 2 aliphatic carbocycles. The van der Waals surface area contributed by atoms with Crippen molar-refractivity contribution < 1.29 is 9.18 Å². The van der Waals surface area contributed by atoms with Crippen LogP contribution >= 0.6 is 15.9 Å². The molecule has 1 amide bonds. The molecule has 2 fully saturated rings. The summed E-state index contributed by atoms with van der Waals surface area (Å²) in [4.78, 5) is 15.1. The van der Waals surface area contributed by atoms with Crippen LogP contribution in [-0.4, -0.2) is 22.9 Å². The molecule has 0 bridgehead atoms. The van der Waals surface area contributed by atoms with Gasteiger partial charge in [-0.2, -0.15) is 0 Å². The van der Waals surface area contributed by atoms with Crippen LogP contribution in [0.1, 0.15) is 61.7 Å². The van der Waals surface area contributed by atoms with Crippen LogP contribution in [0, 0.1) is 5.82 Å². The van der Waals surface area contributed by atoms with E-state index in [1.165, 1.54) is 37.8 Å². The van der Waals surface area contributed by atoms with E-state index < -0.39 is 0 Å². The van der Waals surface area contributed by atoms with Gasteiger partial charge < -0.3 is 4.90 Å². The number of benzene rings is 1. The summed E-state index contributed by atoms with van der Waals surface area (Å²) in [6.45, 7) is 0. The predicted molar refractivity (Wildman–Crippen MR) is 84.8 cm³/mol. The standard InChI is InChI=1S/C17H21BrFNO/c18-16-10-9-12(19)11-15(16)17(21)20(13-5-1-2-6-13)14-7-3-4-8-14/h9-11,13-14H,1-8H2. The molecule has 1 aromatic carbocycles. The summed E-state index contributed by atoms with van der Waals surface area (Å²) >= 11 is 3.40. The first-order valence-corrected chi connectivity index (χ1v) is 8.74. The lowest BCUT2D eigenvalue weighted by atomic mass is 10.1. The molecule has 0 N–H and O–H groups in total. The van der Waals surface area contributed by atoms with Crippen LogP contribution in [0.2, 0.25) is 0 Å². The number of hydrogen-bond acceptors (Lipinski definition) is 1. The maximum absolute atomic E-state index is 13.5. The number of nitrogens with zero attached hydrogens (tertiary/aromatic N) is 1. The van der Waals surface area contributed by atoms with E-state index in [0.717, 1.165) is 25.7 Å². The van der Waals surface area contributed by atoms with Gasteiger partial charge in [0.2, 0.25) is 0 Å². The van der Waals surface area contributed by atoms with Gasteiger partial charge >= 0.3 is 0 Å². The van der Waals surface area contributed by atoms with Crippen molar-refractivity contribution in [2.75, 3.05) is 0 Å². The van der Waals surface area contributed by atoms with Crippen LogP contribution in [0.5, 0.6) is 0 Å². The highest BCUT2D eigenvalue weighted by Gasteiger charge is 2.35. The summed E-state index contributed by atoms with van der Waals surface area (Å²) in [6, 6.07) is 5.07. The molecule has 0 saturated heterocycles. The highest BCUT2D eigenvalue weighted by molar-refractivity contribution is 9.10. The molecule has 114 valence electrons. The van der Waals surface area contributed by atoms with Gasteiger partial charge in [0.25, 0.3) is 5.91 Å². The van der Waals surface area contributed by atoms with Crippen molar-refractivity contribution in [3.05, 3.63) is 34.1 Å². The third-order valence-corrected chi connectivity index (χ3v) is 5.52. The van der Waals surface area contributed by atoms with Crippen molar-refractivity contribution in [1.29, 1.82) is 0 Å². The first-order chi connectivity index (χ1) is 10.2. The topological polar surface area (TPSA) is 20.3 Å². The highest BCUT2D eigenvalue weighted by Crippen LogP contribution is 2.34. The second-order valence-electron chi connectivity index (χ2n) is 6.21. The minimum absolute atomic E-state index is 0.000162. The summed E-state index contributed by atoms with van der Waals surface area (Å²) < 4.78 is 14.2. The smallest absolute Gasteiger partial charge is 0.255 e. The zero-order valence-corrected chi connectivity index (χ0v) is 13.7. The molecule has 2 nitrogen and oxygen atoms in total. The van der Waals surface area contributed by atoms with Gasteiger partial charge in [0.1, 0.15) is 5.82 Å². The lowest BCUT2D eigenvalue weighted by molar-refractivity contribution is 0.0579. The van der Waals surface area contributed by atoms with Gasteiger partial charge in [-0.15, -0.1) is 0 Å². The van der Waals surface area contributed by atoms with E-state index >= 15 is 0 Å². The van der Waals surface area contributed by atoms with Gasteiger partial charge in [0, 0.05) is 16.6 Å². The fraction of sp³-hybridized carbons (Fsp3) is 0.588. The van der Waals surface area contributed by atoms with E-state index in [9.17, 15) is 9.18 Å². The molecule has 4 heteroatoms. The fourth-order valence-electron chi connectivity index (χ4n) is 3.80. The van der Waals surface area contributed by atoms with E-state index in [-0.39, 0.29) is 11.7 Å². The first kappa shape index (κ1) is 15.0. The van der Waals surface area contributed by atoms with Crippen molar-refractivity contribution in [2.45, 2.75) is 63.5 Å². The normalized spacial score (nSPS) is 20.1. The van der Waals surface area contributed by atoms with Crippen LogP contribution in [0.15, 0.2) is 22.7 Å². The zero-order valence-electron chi connectivity index (χ0n) is 12.2. The van der Waals surface area contributed by atoms with Crippen LogP contribution in [-0.2, 0) is 0 Å². The zero-order chi connectivity index (χ0) is 14.8. The van der Waals surface area contributed by atoms with Crippen LogP contribution in [0.3, 0.4) is 0 Å². The van der Waals surface area contributed by atoms with Crippen LogP contribution in [0.4, 0.5) is 4.39 Å². The molecular formula is C17H21BrFNO. The molecule has 0 heterocycles. The number of halogens is 2. The molecule has 0 aliphatic heterocycles. The Balaban J connectivity index is 1.90. The SMILES string of the molecule is O=C(c1cc(F)ccc1Br)N(C1CCCC1)C1CCCC1. The molecule has 0 atom stereocenters. The van der Waals surface area contributed by atoms with E-state index in [0.29, 0.717) is 22.1 Å². The quantitative estimate of drug-likeness (QED) is 0.755. The summed E-state index contributed by atoms with van der Waals surface area (Å²) in [5, 5.41) is 0. The Labute approximate surface area is 133 Å². The van der Waals surface area contributed by atoms with E-state index in [4.69, 9.17) is 0 Å². The first-order valence-electron chi connectivity index (χ1n) is 7.94. The minimum atomic E-state index is -0.348. The molecule has 0 spiro atoms. The number of amides is 1. The molecule has 2 aliphatic rings.